The molecule has 0 saturated carbocycles. The van der Waals surface area contributed by atoms with E-state index in [-0.39, 0.29) is 30.2 Å². The number of piperidine rings is 1. The summed E-state index contributed by atoms with van der Waals surface area (Å²) < 4.78 is 10.9. The summed E-state index contributed by atoms with van der Waals surface area (Å²) >= 11 is 1.51. The Morgan fingerprint density at radius 2 is 1.66 bits per heavy atom. The highest BCUT2D eigenvalue weighted by Gasteiger charge is 2.30. The van der Waals surface area contributed by atoms with Crippen molar-refractivity contribution in [2.24, 2.45) is 0 Å². The fourth-order valence-electron chi connectivity index (χ4n) is 4.82. The number of amides is 3. The number of benzene rings is 1. The van der Waals surface area contributed by atoms with Crippen molar-refractivity contribution in [3.63, 3.8) is 0 Å². The largest absolute Gasteiger partial charge is 0.484 e. The summed E-state index contributed by atoms with van der Waals surface area (Å²) in [5, 5.41) is 2.77. The molecule has 10 heteroatoms. The lowest BCUT2D eigenvalue weighted by Crippen LogP contribution is -2.50. The minimum Gasteiger partial charge on any atom is -0.484 e. The average Bonchev–Trinajstić information content (AvgIpc) is 3.66. The molecular formula is C28H32N4O5S. The molecule has 0 bridgehead atoms. The lowest BCUT2D eigenvalue weighted by Gasteiger charge is -2.34. The third-order valence-corrected chi connectivity index (χ3v) is 8.37. The Hall–Kier alpha value is -3.66. The monoisotopic (exact) mass is 536 g/mol. The molecule has 200 valence electrons. The fraction of sp³-hybridized carbons (Fsp3) is 0.429. The summed E-state index contributed by atoms with van der Waals surface area (Å²) in [5.74, 6) is 0.987. The van der Waals surface area contributed by atoms with Gasteiger partial charge in [-0.25, -0.2) is 4.98 Å². The number of aryl methyl sites for hydroxylation is 2. The molecule has 38 heavy (non-hydrogen) atoms. The first-order valence-electron chi connectivity index (χ1n) is 12.9. The molecule has 1 aromatic carbocycles. The Morgan fingerprint density at radius 1 is 0.947 bits per heavy atom. The highest BCUT2D eigenvalue weighted by atomic mass is 32.1. The molecule has 2 aliphatic heterocycles. The van der Waals surface area contributed by atoms with Crippen LogP contribution in [0.1, 0.15) is 55.9 Å². The van der Waals surface area contributed by atoms with Crippen LogP contribution < -0.4 is 4.74 Å². The molecule has 0 atom stereocenters. The summed E-state index contributed by atoms with van der Waals surface area (Å²) in [6.07, 6.45) is 3.10. The highest BCUT2D eigenvalue weighted by molar-refractivity contribution is 7.09. The molecule has 2 aromatic heterocycles. The van der Waals surface area contributed by atoms with E-state index in [0.717, 1.165) is 23.4 Å². The van der Waals surface area contributed by atoms with Crippen molar-refractivity contribution >= 4 is 29.1 Å². The number of aromatic nitrogens is 1. The smallest absolute Gasteiger partial charge is 0.289 e. The number of hydrogen-bond donors (Lipinski definition) is 0. The van der Waals surface area contributed by atoms with Crippen LogP contribution in [0.2, 0.25) is 0 Å². The van der Waals surface area contributed by atoms with Crippen LogP contribution >= 0.6 is 11.3 Å². The van der Waals surface area contributed by atoms with Gasteiger partial charge in [-0.15, -0.1) is 11.3 Å². The van der Waals surface area contributed by atoms with Crippen molar-refractivity contribution in [3.8, 4) is 5.75 Å². The number of rotatable bonds is 6. The number of carbonyl (C=O) groups is 3. The van der Waals surface area contributed by atoms with Crippen molar-refractivity contribution in [3.05, 3.63) is 69.6 Å². The average molecular weight is 537 g/mol. The van der Waals surface area contributed by atoms with Gasteiger partial charge in [-0.1, -0.05) is 6.07 Å². The third kappa shape index (κ3) is 5.75. The zero-order valence-electron chi connectivity index (χ0n) is 21.7. The SMILES string of the molecule is Cc1ccc(OCC(=O)N2CCC(c3nc(C(=O)N4CCN(C(=O)c5ccco5)CC4)cs3)CC2)cc1C. The van der Waals surface area contributed by atoms with Gasteiger partial charge in [-0.05, 0) is 62.1 Å². The third-order valence-electron chi connectivity index (χ3n) is 7.36. The normalized spacial score (nSPS) is 16.5. The predicted molar refractivity (Wildman–Crippen MR) is 143 cm³/mol. The van der Waals surface area contributed by atoms with E-state index < -0.39 is 0 Å². The first-order valence-corrected chi connectivity index (χ1v) is 13.8. The first-order chi connectivity index (χ1) is 18.4. The van der Waals surface area contributed by atoms with E-state index in [9.17, 15) is 14.4 Å². The summed E-state index contributed by atoms with van der Waals surface area (Å²) in [4.78, 5) is 48.2. The van der Waals surface area contributed by atoms with E-state index in [2.05, 4.69) is 4.98 Å². The molecule has 4 heterocycles. The molecule has 2 saturated heterocycles. The standard InChI is InChI=1S/C28H32N4O5S/c1-19-5-6-22(16-20(19)2)37-17-25(33)30-9-7-21(8-10-30)26-29-23(18-38-26)27(34)31-11-13-32(14-12-31)28(35)24-4-3-15-36-24/h3-6,15-16,18,21H,7-14,17H2,1-2H3. The van der Waals surface area contributed by atoms with E-state index in [1.807, 2.05) is 42.3 Å². The Morgan fingerprint density at radius 3 is 2.32 bits per heavy atom. The van der Waals surface area contributed by atoms with Crippen LogP contribution in [0.5, 0.6) is 5.75 Å². The van der Waals surface area contributed by atoms with Gasteiger partial charge in [-0.3, -0.25) is 14.4 Å². The lowest BCUT2D eigenvalue weighted by molar-refractivity contribution is -0.134. The zero-order chi connectivity index (χ0) is 26.6. The minimum atomic E-state index is -0.153. The summed E-state index contributed by atoms with van der Waals surface area (Å²) in [6, 6.07) is 9.19. The Balaban J connectivity index is 1.08. The Labute approximate surface area is 226 Å². The number of ether oxygens (including phenoxy) is 1. The predicted octanol–water partition coefficient (Wildman–Crippen LogP) is 3.74. The maximum absolute atomic E-state index is 13.1. The van der Waals surface area contributed by atoms with Gasteiger partial charge < -0.3 is 23.9 Å². The maximum atomic E-state index is 13.1. The van der Waals surface area contributed by atoms with Crippen molar-refractivity contribution in [2.45, 2.75) is 32.6 Å². The molecule has 3 amide bonds. The second-order valence-corrected chi connectivity index (χ2v) is 10.7. The fourth-order valence-corrected chi connectivity index (χ4v) is 5.79. The van der Waals surface area contributed by atoms with Crippen LogP contribution in [0.4, 0.5) is 0 Å². The molecule has 0 aliphatic carbocycles. The van der Waals surface area contributed by atoms with E-state index in [1.165, 1.54) is 23.2 Å². The van der Waals surface area contributed by atoms with Gasteiger partial charge in [-0.2, -0.15) is 0 Å². The van der Waals surface area contributed by atoms with Gasteiger partial charge >= 0.3 is 0 Å². The van der Waals surface area contributed by atoms with Crippen LogP contribution in [0.15, 0.2) is 46.4 Å². The van der Waals surface area contributed by atoms with Crippen LogP contribution in [-0.2, 0) is 4.79 Å². The second-order valence-electron chi connectivity index (χ2n) is 9.82. The van der Waals surface area contributed by atoms with Crippen molar-refractivity contribution in [2.75, 3.05) is 45.9 Å². The van der Waals surface area contributed by atoms with Crippen LogP contribution in [0.25, 0.3) is 0 Å². The van der Waals surface area contributed by atoms with Crippen LogP contribution in [0.3, 0.4) is 0 Å². The van der Waals surface area contributed by atoms with E-state index in [0.29, 0.717) is 56.5 Å². The Kier molecular flexibility index (Phi) is 7.78. The zero-order valence-corrected chi connectivity index (χ0v) is 22.5. The molecule has 2 fully saturated rings. The number of nitrogens with zero attached hydrogens (tertiary/aromatic N) is 4. The van der Waals surface area contributed by atoms with Crippen molar-refractivity contribution < 1.29 is 23.5 Å². The number of carbonyl (C=O) groups excluding carboxylic acids is 3. The number of hydrogen-bond acceptors (Lipinski definition) is 7. The quantitative estimate of drug-likeness (QED) is 0.476. The molecule has 0 N–H and O–H groups in total. The number of likely N-dealkylation sites (tertiary alicyclic amines) is 1. The molecule has 9 nitrogen and oxygen atoms in total. The molecule has 0 unspecified atom stereocenters. The van der Waals surface area contributed by atoms with Crippen molar-refractivity contribution in [1.82, 2.24) is 19.7 Å². The molecule has 3 aromatic rings. The molecule has 5 rings (SSSR count). The van der Waals surface area contributed by atoms with Gasteiger partial charge in [0.05, 0.1) is 11.3 Å². The second kappa shape index (κ2) is 11.4. The number of piperazine rings is 1. The van der Waals surface area contributed by atoms with Gasteiger partial charge in [0.25, 0.3) is 17.7 Å². The first kappa shape index (κ1) is 26.0. The van der Waals surface area contributed by atoms with Crippen LogP contribution in [-0.4, -0.2) is 83.3 Å². The lowest BCUT2D eigenvalue weighted by atomic mass is 9.97. The maximum Gasteiger partial charge on any atom is 0.289 e. The molecular weight excluding hydrogens is 504 g/mol. The summed E-state index contributed by atoms with van der Waals surface area (Å²) in [7, 11) is 0. The number of furan rings is 1. The summed E-state index contributed by atoms with van der Waals surface area (Å²) in [6.45, 7) is 7.24. The Bertz CT molecular complexity index is 1290. The van der Waals surface area contributed by atoms with Crippen molar-refractivity contribution in [1.29, 1.82) is 0 Å². The number of thiazole rings is 1. The van der Waals surface area contributed by atoms with Crippen LogP contribution in [0, 0.1) is 13.8 Å². The topological polar surface area (TPSA) is 96.2 Å². The van der Waals surface area contributed by atoms with Gasteiger partial charge in [0, 0.05) is 50.6 Å². The van der Waals surface area contributed by atoms with Gasteiger partial charge in [0.1, 0.15) is 11.4 Å². The van der Waals surface area contributed by atoms with E-state index in [4.69, 9.17) is 9.15 Å². The minimum absolute atomic E-state index is 0.0126. The highest BCUT2D eigenvalue weighted by Crippen LogP contribution is 2.31. The summed E-state index contributed by atoms with van der Waals surface area (Å²) in [5.41, 5.74) is 2.79. The van der Waals surface area contributed by atoms with E-state index in [1.54, 1.807) is 21.9 Å². The van der Waals surface area contributed by atoms with E-state index >= 15 is 0 Å². The molecule has 2 aliphatic rings. The van der Waals surface area contributed by atoms with Gasteiger partial charge in [0.15, 0.2) is 12.4 Å². The van der Waals surface area contributed by atoms with Gasteiger partial charge in [0.2, 0.25) is 0 Å². The molecule has 0 radical (unpaired) electrons. The molecule has 0 spiro atoms.